The summed E-state index contributed by atoms with van der Waals surface area (Å²) in [5.41, 5.74) is -0.829. The van der Waals surface area contributed by atoms with Crippen molar-refractivity contribution in [2.45, 2.75) is 70.8 Å². The molecular formula is C22H30O5. The lowest BCUT2D eigenvalue weighted by molar-refractivity contribution is -0.175. The predicted octanol–water partition coefficient (Wildman–Crippen LogP) is 2.99. The zero-order chi connectivity index (χ0) is 19.6. The number of ketones is 2. The minimum absolute atomic E-state index is 0.0607. The van der Waals surface area contributed by atoms with Crippen molar-refractivity contribution in [2.24, 2.45) is 28.6 Å². The van der Waals surface area contributed by atoms with E-state index in [-0.39, 0.29) is 17.1 Å². The fourth-order valence-electron chi connectivity index (χ4n) is 7.21. The summed E-state index contributed by atoms with van der Waals surface area (Å²) in [5.74, 6) is -0.323. The number of Topliss-reactive ketones (excluding diaryl/α,β-unsaturated/α-hetero) is 1. The minimum Gasteiger partial charge on any atom is -0.463 e. The Morgan fingerprint density at radius 3 is 2.48 bits per heavy atom. The highest BCUT2D eigenvalue weighted by Crippen LogP contribution is 2.67. The molecule has 148 valence electrons. The first-order valence-corrected chi connectivity index (χ1v) is 10.3. The van der Waals surface area contributed by atoms with Crippen LogP contribution in [-0.2, 0) is 19.1 Å². The van der Waals surface area contributed by atoms with Crippen molar-refractivity contribution in [3.8, 4) is 0 Å². The molecule has 0 heterocycles. The number of hydrogen-bond donors (Lipinski definition) is 1. The van der Waals surface area contributed by atoms with E-state index in [1.54, 1.807) is 0 Å². The van der Waals surface area contributed by atoms with E-state index in [1.165, 1.54) is 12.7 Å². The highest BCUT2D eigenvalue weighted by molar-refractivity contribution is 6.37. The molecule has 5 heteroatoms. The van der Waals surface area contributed by atoms with Gasteiger partial charge in [0.1, 0.15) is 5.60 Å². The van der Waals surface area contributed by atoms with Gasteiger partial charge in [0.05, 0.1) is 7.11 Å². The van der Waals surface area contributed by atoms with Gasteiger partial charge >= 0.3 is 5.97 Å². The molecule has 0 saturated heterocycles. The molecule has 0 aromatic rings. The number of fused-ring (bicyclic) bond motifs is 5. The first-order valence-electron chi connectivity index (χ1n) is 10.3. The van der Waals surface area contributed by atoms with Crippen molar-refractivity contribution >= 4 is 17.5 Å². The molecule has 0 radical (unpaired) electrons. The Hall–Kier alpha value is -1.49. The molecule has 3 saturated carbocycles. The topological polar surface area (TPSA) is 80.7 Å². The Morgan fingerprint density at radius 1 is 1.07 bits per heavy atom. The van der Waals surface area contributed by atoms with Crippen LogP contribution in [0.1, 0.15) is 65.2 Å². The molecule has 4 aliphatic carbocycles. The second-order valence-corrected chi connectivity index (χ2v) is 9.64. The number of ether oxygens (including phenoxy) is 1. The van der Waals surface area contributed by atoms with Crippen molar-refractivity contribution in [1.82, 2.24) is 0 Å². The number of hydrogen-bond acceptors (Lipinski definition) is 5. The van der Waals surface area contributed by atoms with Gasteiger partial charge in [-0.3, -0.25) is 9.59 Å². The molecule has 4 rings (SSSR count). The maximum absolute atomic E-state index is 12.7. The van der Waals surface area contributed by atoms with Gasteiger partial charge in [0, 0.05) is 11.8 Å². The van der Waals surface area contributed by atoms with Crippen LogP contribution in [0.4, 0.5) is 0 Å². The normalized spacial score (nSPS) is 46.0. The second-order valence-electron chi connectivity index (χ2n) is 9.64. The Morgan fingerprint density at radius 2 is 1.78 bits per heavy atom. The van der Waals surface area contributed by atoms with E-state index in [4.69, 9.17) is 0 Å². The first-order chi connectivity index (χ1) is 12.7. The molecule has 0 unspecified atom stereocenters. The molecule has 27 heavy (non-hydrogen) atoms. The molecule has 0 amide bonds. The van der Waals surface area contributed by atoms with Gasteiger partial charge < -0.3 is 9.84 Å². The van der Waals surface area contributed by atoms with Crippen LogP contribution >= 0.6 is 0 Å². The van der Waals surface area contributed by atoms with Crippen molar-refractivity contribution < 1.29 is 24.2 Å². The zero-order valence-electron chi connectivity index (χ0n) is 16.5. The molecular weight excluding hydrogens is 344 g/mol. The maximum Gasteiger partial charge on any atom is 0.377 e. The third kappa shape index (κ3) is 2.36. The molecule has 5 nitrogen and oxygen atoms in total. The van der Waals surface area contributed by atoms with Gasteiger partial charge in [0.15, 0.2) is 5.78 Å². The van der Waals surface area contributed by atoms with E-state index < -0.39 is 22.8 Å². The zero-order valence-corrected chi connectivity index (χ0v) is 16.5. The molecule has 4 aliphatic rings. The lowest BCUT2D eigenvalue weighted by atomic mass is 9.46. The molecule has 0 aromatic heterocycles. The van der Waals surface area contributed by atoms with E-state index in [0.29, 0.717) is 24.7 Å². The van der Waals surface area contributed by atoms with Crippen LogP contribution < -0.4 is 0 Å². The average Bonchev–Trinajstić information content (AvgIpc) is 2.93. The molecule has 1 N–H and O–H groups in total. The molecule has 0 aliphatic heterocycles. The van der Waals surface area contributed by atoms with Gasteiger partial charge in [0.2, 0.25) is 0 Å². The summed E-state index contributed by atoms with van der Waals surface area (Å²) in [7, 11) is 1.19. The van der Waals surface area contributed by atoms with Crippen LogP contribution in [0.5, 0.6) is 0 Å². The van der Waals surface area contributed by atoms with E-state index in [1.807, 2.05) is 13.0 Å². The summed E-state index contributed by atoms with van der Waals surface area (Å²) in [6.45, 7) is 4.31. The van der Waals surface area contributed by atoms with Crippen LogP contribution in [0.3, 0.4) is 0 Å². The number of rotatable bonds is 2. The Bertz CT molecular complexity index is 739. The number of esters is 1. The van der Waals surface area contributed by atoms with Crippen molar-refractivity contribution in [3.05, 3.63) is 11.6 Å². The van der Waals surface area contributed by atoms with Crippen molar-refractivity contribution in [2.75, 3.05) is 7.11 Å². The largest absolute Gasteiger partial charge is 0.463 e. The predicted molar refractivity (Wildman–Crippen MR) is 98.7 cm³/mol. The lowest BCUT2D eigenvalue weighted by Gasteiger charge is -2.58. The maximum atomic E-state index is 12.7. The van der Waals surface area contributed by atoms with E-state index in [2.05, 4.69) is 11.7 Å². The SMILES string of the molecule is COC(=O)C(=O)[C@@]1(O)CC[C@H]2[C@@H]3CCC4=CC(=O)CC[C@]4(C)[C@H]3CC[C@@]21C. The summed E-state index contributed by atoms with van der Waals surface area (Å²) in [5, 5.41) is 11.3. The Balaban J connectivity index is 1.67. The standard InChI is InChI=1S/C22H30O5/c1-20-9-6-14(23)12-13(20)4-5-15-16(20)7-10-21(2)17(15)8-11-22(21,26)18(24)19(25)27-3/h12,15-17,26H,4-11H2,1-3H3/t15-,16+,17+,20+,21+,22+/m1/s1. The van der Waals surface area contributed by atoms with Crippen LogP contribution in [0.15, 0.2) is 11.6 Å². The van der Waals surface area contributed by atoms with Gasteiger partial charge in [0.25, 0.3) is 5.78 Å². The van der Waals surface area contributed by atoms with Crippen molar-refractivity contribution in [1.29, 1.82) is 0 Å². The van der Waals surface area contributed by atoms with E-state index in [0.717, 1.165) is 38.5 Å². The number of carbonyl (C=O) groups is 3. The monoisotopic (exact) mass is 374 g/mol. The summed E-state index contributed by atoms with van der Waals surface area (Å²) >= 11 is 0. The Kier molecular flexibility index (Phi) is 4.19. The van der Waals surface area contributed by atoms with Crippen LogP contribution in [0.2, 0.25) is 0 Å². The average molecular weight is 374 g/mol. The highest BCUT2D eigenvalue weighted by Gasteiger charge is 2.67. The molecule has 3 fully saturated rings. The Labute approximate surface area is 160 Å². The second kappa shape index (κ2) is 6.00. The van der Waals surface area contributed by atoms with Gasteiger partial charge in [-0.2, -0.15) is 0 Å². The first kappa shape index (κ1) is 18.9. The summed E-state index contributed by atoms with van der Waals surface area (Å²) in [4.78, 5) is 36.5. The van der Waals surface area contributed by atoms with Crippen molar-refractivity contribution in [3.63, 3.8) is 0 Å². The number of methoxy groups -OCH3 is 1. The molecule has 0 bridgehead atoms. The van der Waals surface area contributed by atoms with Crippen LogP contribution in [0.25, 0.3) is 0 Å². The molecule has 6 atom stereocenters. The van der Waals surface area contributed by atoms with Gasteiger partial charge in [-0.1, -0.05) is 19.4 Å². The number of aliphatic hydroxyl groups is 1. The fourth-order valence-corrected chi connectivity index (χ4v) is 7.21. The summed E-state index contributed by atoms with van der Waals surface area (Å²) < 4.78 is 4.63. The number of carbonyl (C=O) groups excluding carboxylic acids is 3. The minimum atomic E-state index is -1.62. The van der Waals surface area contributed by atoms with E-state index >= 15 is 0 Å². The quantitative estimate of drug-likeness (QED) is 0.594. The lowest BCUT2D eigenvalue weighted by Crippen LogP contribution is -2.59. The van der Waals surface area contributed by atoms with Crippen LogP contribution in [-0.4, -0.2) is 35.4 Å². The third-order valence-corrected chi connectivity index (χ3v) is 8.86. The fraction of sp³-hybridized carbons (Fsp3) is 0.773. The third-order valence-electron chi connectivity index (χ3n) is 8.86. The number of allylic oxidation sites excluding steroid dienone is 1. The van der Waals surface area contributed by atoms with Crippen LogP contribution in [0, 0.1) is 28.6 Å². The smallest absolute Gasteiger partial charge is 0.377 e. The van der Waals surface area contributed by atoms with E-state index in [9.17, 15) is 19.5 Å². The van der Waals surface area contributed by atoms with Gasteiger partial charge in [-0.05, 0) is 74.2 Å². The van der Waals surface area contributed by atoms with Gasteiger partial charge in [-0.25, -0.2) is 4.79 Å². The summed E-state index contributed by atoms with van der Waals surface area (Å²) in [6.07, 6.45) is 8.11. The molecule has 0 aromatic carbocycles. The summed E-state index contributed by atoms with van der Waals surface area (Å²) in [6, 6.07) is 0. The molecule has 0 spiro atoms. The van der Waals surface area contributed by atoms with Gasteiger partial charge in [-0.15, -0.1) is 0 Å². The highest BCUT2D eigenvalue weighted by atomic mass is 16.5.